The second kappa shape index (κ2) is 2.17. The van der Waals surface area contributed by atoms with Gasteiger partial charge in [0.2, 0.25) is 0 Å². The maximum absolute atomic E-state index is 11.0. The Kier molecular flexibility index (Phi) is 1.29. The monoisotopic (exact) mass is 166 g/mol. The lowest BCUT2D eigenvalue weighted by Gasteiger charge is -1.88. The Hall–Kier alpha value is -1.16. The number of hydrogen-bond donors (Lipinski definition) is 0. The van der Waals surface area contributed by atoms with Crippen LogP contribution in [0.15, 0.2) is 17.9 Å². The summed E-state index contributed by atoms with van der Waals surface area (Å²) < 4.78 is 1.80. The van der Waals surface area contributed by atoms with Crippen LogP contribution in [0.5, 0.6) is 0 Å². The molecule has 2 heterocycles. The highest BCUT2D eigenvalue weighted by Crippen LogP contribution is 2.15. The third-order valence-corrected chi connectivity index (χ3v) is 2.40. The van der Waals surface area contributed by atoms with Crippen LogP contribution >= 0.6 is 11.3 Å². The number of Topliss-reactive ketones (excluding diaryl/α,β-unsaturated/α-hetero) is 1. The number of carbonyl (C=O) groups is 1. The second-order valence-electron chi connectivity index (χ2n) is 2.28. The van der Waals surface area contributed by atoms with Gasteiger partial charge in [0.25, 0.3) is 0 Å². The number of aromatic nitrogens is 2. The van der Waals surface area contributed by atoms with E-state index in [4.69, 9.17) is 0 Å². The molecule has 3 nitrogen and oxygen atoms in total. The van der Waals surface area contributed by atoms with Gasteiger partial charge >= 0.3 is 0 Å². The van der Waals surface area contributed by atoms with Crippen molar-refractivity contribution in [3.63, 3.8) is 0 Å². The van der Waals surface area contributed by atoms with Gasteiger partial charge in [0.05, 0.1) is 6.20 Å². The Labute approximate surface area is 67.3 Å². The lowest BCUT2D eigenvalue weighted by atomic mass is 10.3. The van der Waals surface area contributed by atoms with Gasteiger partial charge in [-0.2, -0.15) is 0 Å². The van der Waals surface area contributed by atoms with E-state index < -0.39 is 0 Å². The molecule has 2 rings (SSSR count). The SMILES string of the molecule is CC(=O)c1csc2cncn12. The average molecular weight is 166 g/mol. The Bertz CT molecular complexity index is 401. The first kappa shape index (κ1) is 6.54. The standard InChI is InChI=1S/C7H6N2OS/c1-5(10)6-3-11-7-2-8-4-9(6)7/h2-4H,1H3. The maximum atomic E-state index is 11.0. The fourth-order valence-electron chi connectivity index (χ4n) is 0.977. The van der Waals surface area contributed by atoms with Crippen LogP contribution in [0.3, 0.4) is 0 Å². The van der Waals surface area contributed by atoms with Gasteiger partial charge in [0, 0.05) is 12.3 Å². The summed E-state index contributed by atoms with van der Waals surface area (Å²) in [4.78, 5) is 15.9. The molecule has 0 fully saturated rings. The molecule has 0 radical (unpaired) electrons. The van der Waals surface area contributed by atoms with Crippen molar-refractivity contribution in [2.24, 2.45) is 0 Å². The molecule has 0 N–H and O–H groups in total. The Morgan fingerprint density at radius 3 is 3.27 bits per heavy atom. The lowest BCUT2D eigenvalue weighted by molar-refractivity contribution is 0.101. The molecule has 11 heavy (non-hydrogen) atoms. The highest BCUT2D eigenvalue weighted by molar-refractivity contribution is 7.15. The van der Waals surface area contributed by atoms with E-state index in [1.165, 1.54) is 11.3 Å². The average Bonchev–Trinajstić information content (AvgIpc) is 2.41. The zero-order valence-electron chi connectivity index (χ0n) is 5.94. The molecular formula is C7H6N2OS. The van der Waals surface area contributed by atoms with E-state index >= 15 is 0 Å². The van der Waals surface area contributed by atoms with E-state index in [0.29, 0.717) is 5.69 Å². The molecule has 0 aromatic carbocycles. The molecule has 2 aromatic heterocycles. The molecule has 0 saturated heterocycles. The molecule has 56 valence electrons. The summed E-state index contributed by atoms with van der Waals surface area (Å²) in [5, 5.41) is 1.85. The van der Waals surface area contributed by atoms with Crippen molar-refractivity contribution in [1.29, 1.82) is 0 Å². The Morgan fingerprint density at radius 2 is 2.55 bits per heavy atom. The van der Waals surface area contributed by atoms with Crippen molar-refractivity contribution in [1.82, 2.24) is 9.38 Å². The van der Waals surface area contributed by atoms with Gasteiger partial charge in [-0.15, -0.1) is 11.3 Å². The number of thiazole rings is 1. The highest BCUT2D eigenvalue weighted by Gasteiger charge is 2.06. The minimum atomic E-state index is 0.0780. The molecule has 0 bridgehead atoms. The molecule has 0 aliphatic carbocycles. The van der Waals surface area contributed by atoms with E-state index in [-0.39, 0.29) is 5.78 Å². The summed E-state index contributed by atoms with van der Waals surface area (Å²) in [5.74, 6) is 0.0780. The molecule has 0 spiro atoms. The van der Waals surface area contributed by atoms with Gasteiger partial charge in [0.15, 0.2) is 5.78 Å². The molecule has 0 amide bonds. The molecule has 0 atom stereocenters. The molecule has 0 aliphatic heterocycles. The van der Waals surface area contributed by atoms with Crippen LogP contribution in [0.2, 0.25) is 0 Å². The van der Waals surface area contributed by atoms with Crippen LogP contribution in [-0.4, -0.2) is 15.2 Å². The van der Waals surface area contributed by atoms with Crippen LogP contribution in [0, 0.1) is 0 Å². The molecule has 4 heteroatoms. The number of rotatable bonds is 1. The minimum absolute atomic E-state index is 0.0780. The van der Waals surface area contributed by atoms with Crippen molar-refractivity contribution in [2.75, 3.05) is 0 Å². The number of carbonyl (C=O) groups excluding carboxylic acids is 1. The molecule has 0 aliphatic rings. The lowest BCUT2D eigenvalue weighted by Crippen LogP contribution is -1.95. The van der Waals surface area contributed by atoms with Crippen molar-refractivity contribution >= 4 is 22.0 Å². The van der Waals surface area contributed by atoms with E-state index in [0.717, 1.165) is 4.83 Å². The van der Waals surface area contributed by atoms with Crippen molar-refractivity contribution in [3.05, 3.63) is 23.6 Å². The van der Waals surface area contributed by atoms with Gasteiger partial charge in [-0.25, -0.2) is 4.98 Å². The van der Waals surface area contributed by atoms with E-state index in [1.807, 2.05) is 5.38 Å². The Morgan fingerprint density at radius 1 is 1.73 bits per heavy atom. The topological polar surface area (TPSA) is 34.4 Å². The number of fused-ring (bicyclic) bond motifs is 1. The third kappa shape index (κ3) is 0.867. The summed E-state index contributed by atoms with van der Waals surface area (Å²) in [6.45, 7) is 1.56. The van der Waals surface area contributed by atoms with Crippen molar-refractivity contribution in [2.45, 2.75) is 6.92 Å². The zero-order valence-corrected chi connectivity index (χ0v) is 6.76. The number of hydrogen-bond acceptors (Lipinski definition) is 3. The fourth-order valence-corrected chi connectivity index (χ4v) is 1.87. The van der Waals surface area contributed by atoms with Gasteiger partial charge < -0.3 is 0 Å². The van der Waals surface area contributed by atoms with Gasteiger partial charge in [-0.1, -0.05) is 0 Å². The number of imidazole rings is 1. The summed E-state index contributed by atoms with van der Waals surface area (Å²) in [5.41, 5.74) is 0.711. The number of nitrogens with zero attached hydrogens (tertiary/aromatic N) is 2. The van der Waals surface area contributed by atoms with E-state index in [1.54, 1.807) is 23.8 Å². The number of ketones is 1. The van der Waals surface area contributed by atoms with Gasteiger partial charge in [-0.3, -0.25) is 9.20 Å². The summed E-state index contributed by atoms with van der Waals surface area (Å²) in [6, 6.07) is 0. The smallest absolute Gasteiger partial charge is 0.177 e. The predicted octanol–water partition coefficient (Wildman–Crippen LogP) is 1.60. The third-order valence-electron chi connectivity index (χ3n) is 1.52. The van der Waals surface area contributed by atoms with E-state index in [9.17, 15) is 4.79 Å². The van der Waals surface area contributed by atoms with Crippen molar-refractivity contribution in [3.8, 4) is 0 Å². The molecule has 0 saturated carbocycles. The zero-order chi connectivity index (χ0) is 7.84. The van der Waals surface area contributed by atoms with Crippen LogP contribution in [0.1, 0.15) is 17.4 Å². The van der Waals surface area contributed by atoms with Crippen LogP contribution in [0.4, 0.5) is 0 Å². The van der Waals surface area contributed by atoms with Gasteiger partial charge in [0.1, 0.15) is 16.9 Å². The molecule has 0 unspecified atom stereocenters. The van der Waals surface area contributed by atoms with Crippen LogP contribution in [-0.2, 0) is 0 Å². The molecular weight excluding hydrogens is 160 g/mol. The van der Waals surface area contributed by atoms with Gasteiger partial charge in [-0.05, 0) is 0 Å². The Balaban J connectivity index is 2.78. The maximum Gasteiger partial charge on any atom is 0.177 e. The van der Waals surface area contributed by atoms with Crippen LogP contribution in [0.25, 0.3) is 4.83 Å². The predicted molar refractivity (Wildman–Crippen MR) is 43.1 cm³/mol. The molecule has 2 aromatic rings. The minimum Gasteiger partial charge on any atom is -0.293 e. The first-order chi connectivity index (χ1) is 5.29. The quantitative estimate of drug-likeness (QED) is 0.603. The van der Waals surface area contributed by atoms with Crippen molar-refractivity contribution < 1.29 is 4.79 Å². The van der Waals surface area contributed by atoms with Crippen LogP contribution < -0.4 is 0 Å². The summed E-state index contributed by atoms with van der Waals surface area (Å²) in [7, 11) is 0. The first-order valence-electron chi connectivity index (χ1n) is 3.19. The largest absolute Gasteiger partial charge is 0.293 e. The van der Waals surface area contributed by atoms with E-state index in [2.05, 4.69) is 4.98 Å². The summed E-state index contributed by atoms with van der Waals surface area (Å²) in [6.07, 6.45) is 3.40. The highest BCUT2D eigenvalue weighted by atomic mass is 32.1. The fraction of sp³-hybridized carbons (Fsp3) is 0.143. The second-order valence-corrected chi connectivity index (χ2v) is 3.17. The summed E-state index contributed by atoms with van der Waals surface area (Å²) >= 11 is 1.53. The first-order valence-corrected chi connectivity index (χ1v) is 4.07. The normalized spacial score (nSPS) is 10.6.